The first kappa shape index (κ1) is 14.2. The van der Waals surface area contributed by atoms with E-state index in [9.17, 15) is 0 Å². The molecule has 2 heteroatoms. The van der Waals surface area contributed by atoms with Gasteiger partial charge in [-0.15, -0.1) is 0 Å². The van der Waals surface area contributed by atoms with E-state index in [0.29, 0.717) is 5.92 Å². The zero-order chi connectivity index (χ0) is 13.1. The first-order valence-electron chi connectivity index (χ1n) is 6.46. The molecule has 3 N–H and O–H groups in total. The van der Waals surface area contributed by atoms with Crippen LogP contribution in [0.2, 0.25) is 0 Å². The molecule has 0 amide bonds. The van der Waals surface area contributed by atoms with E-state index in [-0.39, 0.29) is 11.6 Å². The van der Waals surface area contributed by atoms with Crippen LogP contribution in [-0.4, -0.2) is 12.6 Å². The molecule has 17 heavy (non-hydrogen) atoms. The van der Waals surface area contributed by atoms with Crippen LogP contribution in [0, 0.1) is 0 Å². The number of nitrogens with two attached hydrogens (primary N) is 1. The van der Waals surface area contributed by atoms with Gasteiger partial charge in [-0.25, -0.2) is 0 Å². The summed E-state index contributed by atoms with van der Waals surface area (Å²) in [5, 5.41) is 3.30. The Kier molecular flexibility index (Phi) is 4.72. The molecule has 0 saturated carbocycles. The fourth-order valence-electron chi connectivity index (χ4n) is 2.22. The van der Waals surface area contributed by atoms with Gasteiger partial charge in [-0.05, 0) is 44.4 Å². The van der Waals surface area contributed by atoms with Gasteiger partial charge < -0.3 is 11.1 Å². The smallest absolute Gasteiger partial charge is 0.0495 e. The minimum absolute atomic E-state index is 0.188. The van der Waals surface area contributed by atoms with E-state index in [1.54, 1.807) is 0 Å². The Morgan fingerprint density at radius 2 is 1.65 bits per heavy atom. The molecule has 2 unspecified atom stereocenters. The van der Waals surface area contributed by atoms with E-state index in [0.717, 1.165) is 0 Å². The number of hydrogen-bond acceptors (Lipinski definition) is 2. The molecule has 0 spiro atoms. The molecule has 2 nitrogen and oxygen atoms in total. The van der Waals surface area contributed by atoms with Crippen molar-refractivity contribution < 1.29 is 0 Å². The highest BCUT2D eigenvalue weighted by atomic mass is 14.9. The Morgan fingerprint density at radius 3 is 2.00 bits per heavy atom. The van der Waals surface area contributed by atoms with Crippen LogP contribution in [0.25, 0.3) is 0 Å². The molecule has 0 saturated heterocycles. The van der Waals surface area contributed by atoms with Crippen molar-refractivity contribution in [2.45, 2.75) is 51.6 Å². The summed E-state index contributed by atoms with van der Waals surface area (Å²) < 4.78 is 0. The molecule has 0 aliphatic heterocycles. The fraction of sp³-hybridized carbons (Fsp3) is 0.600. The van der Waals surface area contributed by atoms with E-state index in [4.69, 9.17) is 5.73 Å². The molecule has 0 aliphatic carbocycles. The summed E-state index contributed by atoms with van der Waals surface area (Å²) in [5.41, 5.74) is 8.59. The van der Waals surface area contributed by atoms with Gasteiger partial charge >= 0.3 is 0 Å². The van der Waals surface area contributed by atoms with E-state index < -0.39 is 0 Å². The summed E-state index contributed by atoms with van der Waals surface area (Å²) in [6.07, 6.45) is 1.18. The topological polar surface area (TPSA) is 38.0 Å². The van der Waals surface area contributed by atoms with E-state index in [1.807, 2.05) is 7.05 Å². The van der Waals surface area contributed by atoms with Gasteiger partial charge in [0.05, 0.1) is 0 Å². The first-order chi connectivity index (χ1) is 7.90. The molecule has 1 rings (SSSR count). The van der Waals surface area contributed by atoms with Gasteiger partial charge in [0.15, 0.2) is 0 Å². The van der Waals surface area contributed by atoms with Crippen molar-refractivity contribution in [1.29, 1.82) is 0 Å². The predicted molar refractivity (Wildman–Crippen MR) is 75.2 cm³/mol. The Hall–Kier alpha value is -0.860. The van der Waals surface area contributed by atoms with Gasteiger partial charge in [-0.3, -0.25) is 0 Å². The maximum Gasteiger partial charge on any atom is 0.0495 e. The van der Waals surface area contributed by atoms with Crippen LogP contribution in [0.3, 0.4) is 0 Å². The van der Waals surface area contributed by atoms with Gasteiger partial charge in [0.2, 0.25) is 0 Å². The molecule has 0 fully saturated rings. The highest BCUT2D eigenvalue weighted by Gasteiger charge is 2.24. The lowest BCUT2D eigenvalue weighted by Crippen LogP contribution is -2.45. The molecule has 0 bridgehead atoms. The maximum atomic E-state index is 6.18. The van der Waals surface area contributed by atoms with Crippen molar-refractivity contribution >= 4 is 0 Å². The third-order valence-electron chi connectivity index (χ3n) is 3.48. The Labute approximate surface area is 106 Å². The second kappa shape index (κ2) is 5.65. The van der Waals surface area contributed by atoms with E-state index in [2.05, 4.69) is 57.3 Å². The molecule has 0 radical (unpaired) electrons. The largest absolute Gasteiger partial charge is 0.324 e. The quantitative estimate of drug-likeness (QED) is 0.821. The SMILES string of the molecule is CCC(C)c1ccc(C(NC)C(C)(C)N)cc1. The summed E-state index contributed by atoms with van der Waals surface area (Å²) in [5.74, 6) is 0.628. The maximum absolute atomic E-state index is 6.18. The second-order valence-electron chi connectivity index (χ2n) is 5.52. The summed E-state index contributed by atoms with van der Waals surface area (Å²) in [6, 6.07) is 9.02. The Bertz CT molecular complexity index is 335. The van der Waals surface area contributed by atoms with Crippen LogP contribution in [0.5, 0.6) is 0 Å². The molecule has 1 aromatic rings. The zero-order valence-electron chi connectivity index (χ0n) is 11.7. The summed E-state index contributed by atoms with van der Waals surface area (Å²) in [4.78, 5) is 0. The lowest BCUT2D eigenvalue weighted by Gasteiger charge is -2.31. The average molecular weight is 234 g/mol. The van der Waals surface area contributed by atoms with Crippen molar-refractivity contribution in [2.75, 3.05) is 7.05 Å². The monoisotopic (exact) mass is 234 g/mol. The second-order valence-corrected chi connectivity index (χ2v) is 5.52. The number of nitrogens with one attached hydrogen (secondary N) is 1. The summed E-state index contributed by atoms with van der Waals surface area (Å²) in [7, 11) is 1.96. The molecular weight excluding hydrogens is 208 g/mol. The molecule has 0 aliphatic rings. The molecule has 2 atom stereocenters. The first-order valence-corrected chi connectivity index (χ1v) is 6.46. The minimum atomic E-state index is -0.257. The van der Waals surface area contributed by atoms with Crippen LogP contribution in [-0.2, 0) is 0 Å². The number of rotatable bonds is 5. The normalized spacial score (nSPS) is 15.6. The number of hydrogen-bond donors (Lipinski definition) is 2. The van der Waals surface area contributed by atoms with Gasteiger partial charge in [0, 0.05) is 11.6 Å². The van der Waals surface area contributed by atoms with Crippen molar-refractivity contribution in [2.24, 2.45) is 5.73 Å². The molecule has 0 heterocycles. The highest BCUT2D eigenvalue weighted by Crippen LogP contribution is 2.25. The lowest BCUT2D eigenvalue weighted by atomic mass is 9.88. The molecule has 1 aromatic carbocycles. The lowest BCUT2D eigenvalue weighted by molar-refractivity contribution is 0.370. The summed E-state index contributed by atoms with van der Waals surface area (Å²) in [6.45, 7) is 8.59. The van der Waals surface area contributed by atoms with E-state index >= 15 is 0 Å². The highest BCUT2D eigenvalue weighted by molar-refractivity contribution is 5.28. The third kappa shape index (κ3) is 3.55. The Balaban J connectivity index is 2.93. The number of likely N-dealkylation sites (N-methyl/N-ethyl adjacent to an activating group) is 1. The van der Waals surface area contributed by atoms with Crippen molar-refractivity contribution in [3.8, 4) is 0 Å². The fourth-order valence-corrected chi connectivity index (χ4v) is 2.22. The standard InChI is InChI=1S/C15H26N2/c1-6-11(2)12-7-9-13(10-8-12)14(17-5)15(3,4)16/h7-11,14,17H,6,16H2,1-5H3. The number of benzene rings is 1. The van der Waals surface area contributed by atoms with Crippen molar-refractivity contribution in [3.05, 3.63) is 35.4 Å². The minimum Gasteiger partial charge on any atom is -0.324 e. The van der Waals surface area contributed by atoms with E-state index in [1.165, 1.54) is 17.5 Å². The average Bonchev–Trinajstić information content (AvgIpc) is 2.28. The zero-order valence-corrected chi connectivity index (χ0v) is 11.7. The van der Waals surface area contributed by atoms with Gasteiger partial charge in [-0.1, -0.05) is 38.1 Å². The predicted octanol–water partition coefficient (Wildman–Crippen LogP) is 3.20. The van der Waals surface area contributed by atoms with Crippen LogP contribution in [0.4, 0.5) is 0 Å². The Morgan fingerprint density at radius 1 is 1.18 bits per heavy atom. The van der Waals surface area contributed by atoms with Crippen molar-refractivity contribution in [1.82, 2.24) is 5.32 Å². The van der Waals surface area contributed by atoms with Crippen LogP contribution in [0.15, 0.2) is 24.3 Å². The van der Waals surface area contributed by atoms with Gasteiger partial charge in [0.25, 0.3) is 0 Å². The van der Waals surface area contributed by atoms with Gasteiger partial charge in [0.1, 0.15) is 0 Å². The molecule has 96 valence electrons. The van der Waals surface area contributed by atoms with Crippen molar-refractivity contribution in [3.63, 3.8) is 0 Å². The van der Waals surface area contributed by atoms with Crippen LogP contribution < -0.4 is 11.1 Å². The van der Waals surface area contributed by atoms with Crippen LogP contribution >= 0.6 is 0 Å². The molecular formula is C15H26N2. The molecule has 0 aromatic heterocycles. The third-order valence-corrected chi connectivity index (χ3v) is 3.48. The van der Waals surface area contributed by atoms with Gasteiger partial charge in [-0.2, -0.15) is 0 Å². The summed E-state index contributed by atoms with van der Waals surface area (Å²) >= 11 is 0. The van der Waals surface area contributed by atoms with Crippen LogP contribution in [0.1, 0.15) is 57.2 Å².